The number of aryl methyl sites for hydroxylation is 1. The van der Waals surface area contributed by atoms with Gasteiger partial charge >= 0.3 is 5.97 Å². The van der Waals surface area contributed by atoms with Gasteiger partial charge in [0.1, 0.15) is 0 Å². The number of nitrogens with zero attached hydrogens (tertiary/aromatic N) is 2. The first-order valence-electron chi connectivity index (χ1n) is 9.18. The van der Waals surface area contributed by atoms with Gasteiger partial charge in [-0.15, -0.1) is 0 Å². The van der Waals surface area contributed by atoms with Gasteiger partial charge in [-0.2, -0.15) is 0 Å². The molecule has 1 atom stereocenters. The molecule has 1 aliphatic heterocycles. The molecule has 0 saturated carbocycles. The lowest BCUT2D eigenvalue weighted by atomic mass is 9.94. The minimum absolute atomic E-state index is 0.183. The first kappa shape index (κ1) is 17.3. The molecule has 138 valence electrons. The zero-order valence-corrected chi connectivity index (χ0v) is 16.0. The fraction of sp³-hybridized carbons (Fsp3) is 0.273. The quantitative estimate of drug-likeness (QED) is 0.694. The number of rotatable bonds is 3. The molecule has 27 heavy (non-hydrogen) atoms. The Hall–Kier alpha value is -3.08. The van der Waals surface area contributed by atoms with E-state index in [0.717, 1.165) is 28.2 Å². The van der Waals surface area contributed by atoms with Crippen LogP contribution < -0.4 is 5.32 Å². The van der Waals surface area contributed by atoms with E-state index in [1.807, 2.05) is 45.0 Å². The molecule has 0 aliphatic carbocycles. The van der Waals surface area contributed by atoms with Crippen molar-refractivity contribution in [2.75, 3.05) is 5.32 Å². The van der Waals surface area contributed by atoms with E-state index in [0.29, 0.717) is 5.57 Å². The minimum atomic E-state index is -0.302. The number of allylic oxidation sites excluding steroid dienone is 1. The lowest BCUT2D eigenvalue weighted by Gasteiger charge is -2.30. The second-order valence-electron chi connectivity index (χ2n) is 7.23. The second-order valence-corrected chi connectivity index (χ2v) is 7.23. The normalized spacial score (nSPS) is 16.4. The molecule has 2 heterocycles. The summed E-state index contributed by atoms with van der Waals surface area (Å²) in [6.45, 7) is 7.69. The average molecular weight is 361 g/mol. The van der Waals surface area contributed by atoms with Gasteiger partial charge < -0.3 is 10.1 Å². The van der Waals surface area contributed by atoms with Crippen LogP contribution in [0.3, 0.4) is 0 Å². The number of fused-ring (bicyclic) bond motifs is 3. The average Bonchev–Trinajstić information content (AvgIpc) is 2.98. The molecule has 1 aliphatic rings. The molecule has 3 aromatic rings. The number of benzene rings is 2. The van der Waals surface area contributed by atoms with Crippen molar-refractivity contribution in [3.05, 3.63) is 70.9 Å². The van der Waals surface area contributed by atoms with Gasteiger partial charge in [-0.1, -0.05) is 42.0 Å². The Labute approximate surface area is 158 Å². The summed E-state index contributed by atoms with van der Waals surface area (Å²) in [4.78, 5) is 17.7. The fourth-order valence-corrected chi connectivity index (χ4v) is 3.57. The molecule has 1 aromatic heterocycles. The lowest BCUT2D eigenvalue weighted by Crippen LogP contribution is -2.29. The standard InChI is InChI=1S/C22H23N3O2/c1-13(2)27-21(26)19-15(4)23-22-24-17-7-5-6-8-18(17)25(22)20(19)16-11-9-14(3)10-12-16/h5-13,20H,1-4H3,(H,23,24). The lowest BCUT2D eigenvalue weighted by molar-refractivity contribution is -0.143. The number of esters is 1. The summed E-state index contributed by atoms with van der Waals surface area (Å²) >= 11 is 0. The van der Waals surface area contributed by atoms with Gasteiger partial charge in [-0.3, -0.25) is 4.57 Å². The highest BCUT2D eigenvalue weighted by Crippen LogP contribution is 2.39. The zero-order chi connectivity index (χ0) is 19.1. The molecule has 0 fully saturated rings. The smallest absolute Gasteiger partial charge is 0.338 e. The molecule has 0 radical (unpaired) electrons. The molecule has 0 amide bonds. The van der Waals surface area contributed by atoms with Crippen molar-refractivity contribution in [1.29, 1.82) is 0 Å². The van der Waals surface area contributed by atoms with Crippen molar-refractivity contribution < 1.29 is 9.53 Å². The predicted molar refractivity (Wildman–Crippen MR) is 107 cm³/mol. The van der Waals surface area contributed by atoms with Gasteiger partial charge in [-0.25, -0.2) is 9.78 Å². The maximum Gasteiger partial charge on any atom is 0.338 e. The molecule has 0 spiro atoms. The molecule has 2 aromatic carbocycles. The number of para-hydroxylation sites is 2. The van der Waals surface area contributed by atoms with Crippen molar-refractivity contribution >= 4 is 23.0 Å². The largest absolute Gasteiger partial charge is 0.459 e. The van der Waals surface area contributed by atoms with E-state index < -0.39 is 0 Å². The third-order valence-electron chi connectivity index (χ3n) is 4.79. The first-order valence-corrected chi connectivity index (χ1v) is 9.18. The van der Waals surface area contributed by atoms with Crippen LogP contribution in [0.2, 0.25) is 0 Å². The van der Waals surface area contributed by atoms with E-state index >= 15 is 0 Å². The Morgan fingerprint density at radius 2 is 1.81 bits per heavy atom. The number of imidazole rings is 1. The maximum atomic E-state index is 13.0. The van der Waals surface area contributed by atoms with Crippen LogP contribution in [0.5, 0.6) is 0 Å². The van der Waals surface area contributed by atoms with E-state index in [-0.39, 0.29) is 18.1 Å². The molecule has 0 saturated heterocycles. The zero-order valence-electron chi connectivity index (χ0n) is 16.0. The van der Waals surface area contributed by atoms with Crippen LogP contribution in [0, 0.1) is 6.92 Å². The van der Waals surface area contributed by atoms with Crippen molar-refractivity contribution in [3.8, 4) is 0 Å². The third-order valence-corrected chi connectivity index (χ3v) is 4.79. The summed E-state index contributed by atoms with van der Waals surface area (Å²) in [5.74, 6) is 0.435. The third kappa shape index (κ3) is 2.99. The first-order chi connectivity index (χ1) is 13.0. The van der Waals surface area contributed by atoms with Crippen molar-refractivity contribution in [2.45, 2.75) is 39.8 Å². The maximum absolute atomic E-state index is 13.0. The predicted octanol–water partition coefficient (Wildman–Crippen LogP) is 4.59. The van der Waals surface area contributed by atoms with E-state index in [4.69, 9.17) is 9.72 Å². The fourth-order valence-electron chi connectivity index (χ4n) is 3.57. The van der Waals surface area contributed by atoms with Gasteiger partial charge in [0.2, 0.25) is 5.95 Å². The van der Waals surface area contributed by atoms with Crippen LogP contribution in [-0.4, -0.2) is 21.6 Å². The number of carbonyl (C=O) groups excluding carboxylic acids is 1. The SMILES string of the molecule is CC1=C(C(=O)OC(C)C)C(c2ccc(C)cc2)n2c(nc3ccccc32)N1. The van der Waals surface area contributed by atoms with Gasteiger partial charge in [0.15, 0.2) is 0 Å². The highest BCUT2D eigenvalue weighted by molar-refractivity contribution is 5.94. The summed E-state index contributed by atoms with van der Waals surface area (Å²) in [5, 5.41) is 3.30. The van der Waals surface area contributed by atoms with Crippen molar-refractivity contribution in [2.24, 2.45) is 0 Å². The molecule has 5 nitrogen and oxygen atoms in total. The molecule has 4 rings (SSSR count). The van der Waals surface area contributed by atoms with Gasteiger partial charge in [0.05, 0.1) is 28.8 Å². The molecule has 5 heteroatoms. The second kappa shape index (κ2) is 6.58. The topological polar surface area (TPSA) is 56.2 Å². The number of hydrogen-bond acceptors (Lipinski definition) is 4. The van der Waals surface area contributed by atoms with E-state index in [1.54, 1.807) is 0 Å². The summed E-state index contributed by atoms with van der Waals surface area (Å²) in [7, 11) is 0. The van der Waals surface area contributed by atoms with Gasteiger partial charge in [0, 0.05) is 5.70 Å². The number of hydrogen-bond donors (Lipinski definition) is 1. The monoisotopic (exact) mass is 361 g/mol. The number of aromatic nitrogens is 2. The summed E-state index contributed by atoms with van der Waals surface area (Å²) < 4.78 is 7.66. The Bertz CT molecular complexity index is 1050. The van der Waals surface area contributed by atoms with Crippen LogP contribution >= 0.6 is 0 Å². The van der Waals surface area contributed by atoms with E-state index in [1.165, 1.54) is 5.56 Å². The molecular weight excluding hydrogens is 338 g/mol. The summed E-state index contributed by atoms with van der Waals surface area (Å²) in [6.07, 6.45) is -0.183. The van der Waals surface area contributed by atoms with Crippen molar-refractivity contribution in [1.82, 2.24) is 9.55 Å². The highest BCUT2D eigenvalue weighted by Gasteiger charge is 2.35. The van der Waals surface area contributed by atoms with Crippen LogP contribution in [0.4, 0.5) is 5.95 Å². The summed E-state index contributed by atoms with van der Waals surface area (Å²) in [6, 6.07) is 15.9. The van der Waals surface area contributed by atoms with Gasteiger partial charge in [0.25, 0.3) is 0 Å². The van der Waals surface area contributed by atoms with Crippen LogP contribution in [-0.2, 0) is 9.53 Å². The summed E-state index contributed by atoms with van der Waals surface area (Å²) in [5.41, 5.74) is 5.46. The van der Waals surface area contributed by atoms with E-state index in [9.17, 15) is 4.79 Å². The Kier molecular flexibility index (Phi) is 4.22. The highest BCUT2D eigenvalue weighted by atomic mass is 16.5. The number of carbonyl (C=O) groups is 1. The van der Waals surface area contributed by atoms with Gasteiger partial charge in [-0.05, 0) is 45.4 Å². The van der Waals surface area contributed by atoms with Crippen molar-refractivity contribution in [3.63, 3.8) is 0 Å². The Morgan fingerprint density at radius 1 is 1.11 bits per heavy atom. The Balaban J connectivity index is 1.95. The molecule has 1 unspecified atom stereocenters. The van der Waals surface area contributed by atoms with E-state index in [2.05, 4.69) is 41.1 Å². The van der Waals surface area contributed by atoms with Crippen LogP contribution in [0.1, 0.15) is 37.9 Å². The molecular formula is C22H23N3O2. The van der Waals surface area contributed by atoms with Crippen LogP contribution in [0.15, 0.2) is 59.8 Å². The van der Waals surface area contributed by atoms with Crippen LogP contribution in [0.25, 0.3) is 11.0 Å². The molecule has 1 N–H and O–H groups in total. The minimum Gasteiger partial charge on any atom is -0.459 e. The molecule has 0 bridgehead atoms. The number of ether oxygens (including phenoxy) is 1. The number of anilines is 1. The Morgan fingerprint density at radius 3 is 2.52 bits per heavy atom. The number of nitrogens with one attached hydrogen (secondary N) is 1.